The molecule has 1 fully saturated rings. The van der Waals surface area contributed by atoms with Gasteiger partial charge in [-0.25, -0.2) is 18.8 Å². The van der Waals surface area contributed by atoms with E-state index in [9.17, 15) is 14.4 Å². The Kier molecular flexibility index (Phi) is 8.38. The highest BCUT2D eigenvalue weighted by Crippen LogP contribution is 2.33. The van der Waals surface area contributed by atoms with Gasteiger partial charge in [0.15, 0.2) is 5.67 Å². The third-order valence-electron chi connectivity index (χ3n) is 4.40. The smallest absolute Gasteiger partial charge is 0.411 e. The molecule has 31 heavy (non-hydrogen) atoms. The number of hydrogen-bond acceptors (Lipinski definition) is 7. The van der Waals surface area contributed by atoms with Gasteiger partial charge in [-0.2, -0.15) is 0 Å². The van der Waals surface area contributed by atoms with E-state index in [1.165, 1.54) is 0 Å². The van der Waals surface area contributed by atoms with E-state index in [2.05, 4.69) is 0 Å². The van der Waals surface area contributed by atoms with Crippen molar-refractivity contribution >= 4 is 18.0 Å². The van der Waals surface area contributed by atoms with Crippen LogP contribution >= 0.6 is 0 Å². The zero-order valence-corrected chi connectivity index (χ0v) is 18.4. The number of alkyl halides is 1. The molecule has 1 aromatic carbocycles. The largest absolute Gasteiger partial charge is 0.464 e. The Labute approximate surface area is 181 Å². The van der Waals surface area contributed by atoms with Crippen LogP contribution in [0.4, 0.5) is 9.18 Å². The standard InChI is InChI=1S/C22H30FNO7/c1-5-29-19(26)17-11-22(23,14-24(17)20(27)31-21(2,3)4)15-28-13-18(25)30-12-16-9-7-6-8-10-16/h6-10,17H,5,11-15H2,1-4H3/t17-,22+/m0/s1. The summed E-state index contributed by atoms with van der Waals surface area (Å²) >= 11 is 0. The van der Waals surface area contributed by atoms with Gasteiger partial charge in [-0.15, -0.1) is 0 Å². The SMILES string of the molecule is CCOC(=O)[C@@H]1C[C@](F)(COCC(=O)OCc2ccccc2)CN1C(=O)OC(C)(C)C. The number of amides is 1. The van der Waals surface area contributed by atoms with E-state index >= 15 is 4.39 Å². The second-order valence-corrected chi connectivity index (χ2v) is 8.37. The van der Waals surface area contributed by atoms with Crippen molar-refractivity contribution in [2.45, 2.75) is 58.0 Å². The fourth-order valence-corrected chi connectivity index (χ4v) is 3.10. The first-order valence-corrected chi connectivity index (χ1v) is 10.2. The van der Waals surface area contributed by atoms with Gasteiger partial charge >= 0.3 is 18.0 Å². The van der Waals surface area contributed by atoms with Crippen LogP contribution in [-0.2, 0) is 35.1 Å². The van der Waals surface area contributed by atoms with Crippen molar-refractivity contribution in [2.75, 3.05) is 26.4 Å². The molecule has 1 amide bonds. The van der Waals surface area contributed by atoms with Gasteiger partial charge in [-0.3, -0.25) is 4.90 Å². The molecule has 1 saturated heterocycles. The van der Waals surface area contributed by atoms with Crippen LogP contribution in [0.5, 0.6) is 0 Å². The summed E-state index contributed by atoms with van der Waals surface area (Å²) in [6.45, 7) is 5.48. The molecule has 172 valence electrons. The van der Waals surface area contributed by atoms with Crippen molar-refractivity contribution in [3.63, 3.8) is 0 Å². The molecule has 0 aliphatic carbocycles. The van der Waals surface area contributed by atoms with E-state index in [-0.39, 0.29) is 19.6 Å². The average Bonchev–Trinajstić information content (AvgIpc) is 3.04. The zero-order valence-electron chi connectivity index (χ0n) is 18.4. The zero-order chi connectivity index (χ0) is 23.1. The third-order valence-corrected chi connectivity index (χ3v) is 4.40. The summed E-state index contributed by atoms with van der Waals surface area (Å²) in [7, 11) is 0. The molecule has 2 atom stereocenters. The normalized spacial score (nSPS) is 20.9. The molecule has 1 aliphatic rings. The number of likely N-dealkylation sites (tertiary alicyclic amines) is 1. The predicted molar refractivity (Wildman–Crippen MR) is 109 cm³/mol. The molecule has 8 nitrogen and oxygen atoms in total. The highest BCUT2D eigenvalue weighted by atomic mass is 19.1. The lowest BCUT2D eigenvalue weighted by molar-refractivity contribution is -0.152. The fourth-order valence-electron chi connectivity index (χ4n) is 3.10. The van der Waals surface area contributed by atoms with Crippen molar-refractivity contribution < 1.29 is 37.7 Å². The van der Waals surface area contributed by atoms with Gasteiger partial charge in [0.1, 0.15) is 24.9 Å². The van der Waals surface area contributed by atoms with Crippen LogP contribution in [0, 0.1) is 0 Å². The van der Waals surface area contributed by atoms with Crippen molar-refractivity contribution in [1.29, 1.82) is 0 Å². The molecule has 0 saturated carbocycles. The van der Waals surface area contributed by atoms with Crippen LogP contribution in [0.2, 0.25) is 0 Å². The Morgan fingerprint density at radius 2 is 1.84 bits per heavy atom. The van der Waals surface area contributed by atoms with E-state index in [0.29, 0.717) is 0 Å². The fraction of sp³-hybridized carbons (Fsp3) is 0.591. The van der Waals surface area contributed by atoms with Gasteiger partial charge < -0.3 is 18.9 Å². The minimum atomic E-state index is -2.03. The summed E-state index contributed by atoms with van der Waals surface area (Å²) in [4.78, 5) is 37.6. The highest BCUT2D eigenvalue weighted by molar-refractivity contribution is 5.82. The van der Waals surface area contributed by atoms with Gasteiger partial charge in [-0.05, 0) is 33.3 Å². The van der Waals surface area contributed by atoms with Crippen molar-refractivity contribution in [2.24, 2.45) is 0 Å². The minimum absolute atomic E-state index is 0.0845. The Bertz CT molecular complexity index is 765. The number of benzene rings is 1. The number of carbonyl (C=O) groups excluding carboxylic acids is 3. The summed E-state index contributed by atoms with van der Waals surface area (Å²) in [5, 5.41) is 0. The lowest BCUT2D eigenvalue weighted by Gasteiger charge is -2.27. The summed E-state index contributed by atoms with van der Waals surface area (Å²) < 4.78 is 35.9. The number of halogens is 1. The molecule has 1 aromatic rings. The number of nitrogens with zero attached hydrogens (tertiary/aromatic N) is 1. The molecule has 9 heteroatoms. The van der Waals surface area contributed by atoms with E-state index in [1.807, 2.05) is 30.3 Å². The number of rotatable bonds is 8. The maximum Gasteiger partial charge on any atom is 0.411 e. The summed E-state index contributed by atoms with van der Waals surface area (Å²) in [5.41, 5.74) is -2.02. The molecule has 0 bridgehead atoms. The number of esters is 2. The van der Waals surface area contributed by atoms with E-state index in [4.69, 9.17) is 18.9 Å². The second-order valence-electron chi connectivity index (χ2n) is 8.37. The maximum atomic E-state index is 15.4. The first-order valence-electron chi connectivity index (χ1n) is 10.2. The van der Waals surface area contributed by atoms with Crippen molar-refractivity contribution in [3.8, 4) is 0 Å². The Balaban J connectivity index is 1.91. The maximum absolute atomic E-state index is 15.4. The quantitative estimate of drug-likeness (QED) is 0.454. The van der Waals surface area contributed by atoms with Crippen LogP contribution in [0.3, 0.4) is 0 Å². The Morgan fingerprint density at radius 1 is 1.16 bits per heavy atom. The molecule has 2 rings (SSSR count). The molecule has 0 radical (unpaired) electrons. The lowest BCUT2D eigenvalue weighted by atomic mass is 10.0. The monoisotopic (exact) mass is 439 g/mol. The van der Waals surface area contributed by atoms with Crippen LogP contribution in [0.1, 0.15) is 39.7 Å². The Morgan fingerprint density at radius 3 is 2.45 bits per heavy atom. The number of carbonyl (C=O) groups is 3. The first-order chi connectivity index (χ1) is 14.5. The Hall–Kier alpha value is -2.68. The summed E-state index contributed by atoms with van der Waals surface area (Å²) in [6.07, 6.45) is -1.13. The third kappa shape index (κ3) is 7.82. The molecule has 0 unspecified atom stereocenters. The van der Waals surface area contributed by atoms with E-state index in [1.54, 1.807) is 27.7 Å². The van der Waals surface area contributed by atoms with Gasteiger partial charge in [0.2, 0.25) is 0 Å². The minimum Gasteiger partial charge on any atom is -0.464 e. The van der Waals surface area contributed by atoms with Crippen LogP contribution in [-0.4, -0.2) is 66.6 Å². The highest BCUT2D eigenvalue weighted by Gasteiger charge is 2.51. The van der Waals surface area contributed by atoms with Gasteiger partial charge in [0.05, 0.1) is 19.8 Å². The van der Waals surface area contributed by atoms with Crippen LogP contribution < -0.4 is 0 Å². The summed E-state index contributed by atoms with van der Waals surface area (Å²) in [5.74, 6) is -1.36. The topological polar surface area (TPSA) is 91.4 Å². The van der Waals surface area contributed by atoms with Crippen LogP contribution in [0.15, 0.2) is 30.3 Å². The molecular formula is C22H30FNO7. The predicted octanol–water partition coefficient (Wildman–Crippen LogP) is 3.03. The summed E-state index contributed by atoms with van der Waals surface area (Å²) in [6, 6.07) is 7.98. The first kappa shape index (κ1) is 24.6. The molecule has 1 heterocycles. The van der Waals surface area contributed by atoms with Gasteiger partial charge in [0.25, 0.3) is 0 Å². The molecular weight excluding hydrogens is 409 g/mol. The van der Waals surface area contributed by atoms with Crippen molar-refractivity contribution in [1.82, 2.24) is 4.90 Å². The molecule has 1 aliphatic heterocycles. The van der Waals surface area contributed by atoms with E-state index in [0.717, 1.165) is 10.5 Å². The average molecular weight is 439 g/mol. The molecule has 0 aromatic heterocycles. The van der Waals surface area contributed by atoms with E-state index < -0.39 is 55.1 Å². The lowest BCUT2D eigenvalue weighted by Crippen LogP contribution is -2.44. The van der Waals surface area contributed by atoms with Crippen molar-refractivity contribution in [3.05, 3.63) is 35.9 Å². The second kappa shape index (κ2) is 10.6. The van der Waals surface area contributed by atoms with Gasteiger partial charge in [-0.1, -0.05) is 30.3 Å². The number of hydrogen-bond donors (Lipinski definition) is 0. The molecule has 0 N–H and O–H groups in total. The molecule has 0 spiro atoms. The van der Waals surface area contributed by atoms with Crippen LogP contribution in [0.25, 0.3) is 0 Å². The number of ether oxygens (including phenoxy) is 4. The van der Waals surface area contributed by atoms with Gasteiger partial charge in [0, 0.05) is 6.42 Å².